The molecule has 1 fully saturated rings. The Balaban J connectivity index is 0.000000505. The molecule has 38 heavy (non-hydrogen) atoms. The highest BCUT2D eigenvalue weighted by Crippen LogP contribution is 2.39. The third-order valence-corrected chi connectivity index (χ3v) is 8.30. The van der Waals surface area contributed by atoms with E-state index in [-0.39, 0.29) is 0 Å². The van der Waals surface area contributed by atoms with Crippen LogP contribution in [-0.2, 0) is 9.59 Å². The third kappa shape index (κ3) is 6.53. The highest BCUT2D eigenvalue weighted by molar-refractivity contribution is 7.19. The fraction of sp³-hybridized carbons (Fsp3) is 0.379. The second kappa shape index (κ2) is 12.0. The number of nitrogens with one attached hydrogen (secondary N) is 1. The van der Waals surface area contributed by atoms with E-state index in [0.29, 0.717) is 25.1 Å². The van der Waals surface area contributed by atoms with E-state index in [9.17, 15) is 5.11 Å². The van der Waals surface area contributed by atoms with Gasteiger partial charge in [0.05, 0.1) is 0 Å². The number of aryl methyl sites for hydroxylation is 2. The molecule has 0 amide bonds. The van der Waals surface area contributed by atoms with Gasteiger partial charge in [0, 0.05) is 38.8 Å². The van der Waals surface area contributed by atoms with Crippen LogP contribution in [0, 0.1) is 13.8 Å². The van der Waals surface area contributed by atoms with Gasteiger partial charge in [-0.1, -0.05) is 18.2 Å². The quantitative estimate of drug-likeness (QED) is 0.250. The van der Waals surface area contributed by atoms with Gasteiger partial charge in [0.15, 0.2) is 0 Å². The van der Waals surface area contributed by atoms with E-state index in [1.165, 1.54) is 20.5 Å². The minimum absolute atomic E-state index is 0.311. The Labute approximate surface area is 225 Å². The first-order valence-electron chi connectivity index (χ1n) is 12.7. The van der Waals surface area contributed by atoms with Gasteiger partial charge >= 0.3 is 11.9 Å². The van der Waals surface area contributed by atoms with Crippen LogP contribution in [0.1, 0.15) is 41.8 Å². The van der Waals surface area contributed by atoms with Gasteiger partial charge in [-0.15, -0.1) is 11.3 Å². The van der Waals surface area contributed by atoms with Gasteiger partial charge in [-0.3, -0.25) is 4.90 Å². The molecule has 4 aromatic rings. The summed E-state index contributed by atoms with van der Waals surface area (Å²) in [6.07, 6.45) is 1.78. The van der Waals surface area contributed by atoms with Crippen molar-refractivity contribution in [1.29, 1.82) is 0 Å². The van der Waals surface area contributed by atoms with Crippen molar-refractivity contribution in [2.45, 2.75) is 51.7 Å². The standard InChI is InChI=1S/C27H32N2O2S.C2H2O4/c1-17-6-4-9-26-22(17)14-27(32-26)20-10-11-29(19(3)13-20)15-21(30)16-31-25-8-5-7-24-23(25)12-18(2)28-24;3-1(4)2(5)6/h4-9,12,14,19-21,28,30H,10-11,13,15-16H2,1-3H3;(H,3,4)(H,5,6)/t19-,20+,21+;/m1./s1. The normalized spacial score (nSPS) is 18.6. The first kappa shape index (κ1) is 27.6. The highest BCUT2D eigenvalue weighted by Gasteiger charge is 2.29. The molecule has 4 N–H and O–H groups in total. The maximum atomic E-state index is 10.7. The molecule has 9 heteroatoms. The van der Waals surface area contributed by atoms with Gasteiger partial charge in [0.1, 0.15) is 18.5 Å². The molecule has 2 aromatic heterocycles. The van der Waals surface area contributed by atoms with Crippen LogP contribution in [-0.4, -0.2) is 69.0 Å². The van der Waals surface area contributed by atoms with Crippen LogP contribution in [0.3, 0.4) is 0 Å². The number of β-amino-alcohol motifs (C(OH)–C–C–N with tert-alkyl or cyclic N) is 1. The van der Waals surface area contributed by atoms with Crippen LogP contribution in [0.5, 0.6) is 5.75 Å². The molecule has 0 radical (unpaired) electrons. The molecule has 5 rings (SSSR count). The van der Waals surface area contributed by atoms with Crippen molar-refractivity contribution in [1.82, 2.24) is 9.88 Å². The second-order valence-electron chi connectivity index (χ2n) is 9.95. The number of ether oxygens (including phenoxy) is 1. The van der Waals surface area contributed by atoms with Crippen molar-refractivity contribution in [3.63, 3.8) is 0 Å². The number of piperidine rings is 1. The summed E-state index contributed by atoms with van der Waals surface area (Å²) >= 11 is 1.95. The third-order valence-electron chi connectivity index (χ3n) is 7.03. The average Bonchev–Trinajstić information content (AvgIpc) is 3.48. The van der Waals surface area contributed by atoms with Crippen LogP contribution < -0.4 is 4.74 Å². The lowest BCUT2D eigenvalue weighted by molar-refractivity contribution is -0.159. The molecule has 1 aliphatic heterocycles. The molecule has 1 saturated heterocycles. The van der Waals surface area contributed by atoms with Crippen LogP contribution in [0.2, 0.25) is 0 Å². The summed E-state index contributed by atoms with van der Waals surface area (Å²) in [6, 6.07) is 17.6. The van der Waals surface area contributed by atoms with Crippen molar-refractivity contribution in [3.05, 3.63) is 64.7 Å². The summed E-state index contributed by atoms with van der Waals surface area (Å²) in [7, 11) is 0. The van der Waals surface area contributed by atoms with Crippen LogP contribution in [0.15, 0.2) is 48.5 Å². The number of aliphatic hydroxyl groups excluding tert-OH is 1. The minimum Gasteiger partial charge on any atom is -0.490 e. The lowest BCUT2D eigenvalue weighted by Gasteiger charge is -2.38. The number of likely N-dealkylation sites (tertiary alicyclic amines) is 1. The Morgan fingerprint density at radius 2 is 1.84 bits per heavy atom. The number of aliphatic carboxylic acids is 2. The zero-order chi connectivity index (χ0) is 27.4. The number of nitrogens with zero attached hydrogens (tertiary/aromatic N) is 1. The molecular formula is C29H34N2O6S. The number of hydrogen-bond acceptors (Lipinski definition) is 6. The lowest BCUT2D eigenvalue weighted by atomic mass is 9.90. The van der Waals surface area contributed by atoms with Gasteiger partial charge in [-0.25, -0.2) is 9.59 Å². The van der Waals surface area contributed by atoms with Crippen LogP contribution in [0.4, 0.5) is 0 Å². The molecule has 0 unspecified atom stereocenters. The Hall–Kier alpha value is -3.40. The Kier molecular flexibility index (Phi) is 8.71. The summed E-state index contributed by atoms with van der Waals surface area (Å²) < 4.78 is 7.41. The number of carboxylic acid groups (broad SMARTS) is 2. The zero-order valence-corrected chi connectivity index (χ0v) is 22.6. The number of thiophene rings is 1. The largest absolute Gasteiger partial charge is 0.490 e. The second-order valence-corrected chi connectivity index (χ2v) is 11.1. The minimum atomic E-state index is -1.82. The Morgan fingerprint density at radius 1 is 1.11 bits per heavy atom. The smallest absolute Gasteiger partial charge is 0.414 e. The summed E-state index contributed by atoms with van der Waals surface area (Å²) in [5, 5.41) is 28.0. The molecule has 0 spiro atoms. The Morgan fingerprint density at radius 3 is 2.53 bits per heavy atom. The summed E-state index contributed by atoms with van der Waals surface area (Å²) in [5.74, 6) is -2.21. The molecular weight excluding hydrogens is 504 g/mol. The fourth-order valence-electron chi connectivity index (χ4n) is 5.08. The summed E-state index contributed by atoms with van der Waals surface area (Å²) in [6.45, 7) is 8.52. The van der Waals surface area contributed by atoms with Gasteiger partial charge in [0.25, 0.3) is 0 Å². The van der Waals surface area contributed by atoms with E-state index in [2.05, 4.69) is 60.1 Å². The number of aromatic nitrogens is 1. The van der Waals surface area contributed by atoms with Crippen molar-refractivity contribution in [2.75, 3.05) is 19.7 Å². The predicted molar refractivity (Wildman–Crippen MR) is 149 cm³/mol. The zero-order valence-electron chi connectivity index (χ0n) is 21.8. The van der Waals surface area contributed by atoms with Crippen molar-refractivity contribution in [3.8, 4) is 5.75 Å². The van der Waals surface area contributed by atoms with Gasteiger partial charge in [-0.2, -0.15) is 0 Å². The fourth-order valence-corrected chi connectivity index (χ4v) is 6.37. The lowest BCUT2D eigenvalue weighted by Crippen LogP contribution is -2.45. The number of aromatic amines is 1. The molecule has 2 aromatic carbocycles. The predicted octanol–water partition coefficient (Wildman–Crippen LogP) is 5.16. The monoisotopic (exact) mass is 538 g/mol. The molecule has 0 aliphatic carbocycles. The summed E-state index contributed by atoms with van der Waals surface area (Å²) in [4.78, 5) is 25.5. The SMILES string of the molecule is Cc1cc2c(OC[C@@H](O)CN3CC[C@H](c4cc5c(C)cccc5s4)C[C@H]3C)cccc2[nH]1.O=C(O)C(=O)O. The van der Waals surface area contributed by atoms with Crippen molar-refractivity contribution in [2.24, 2.45) is 0 Å². The van der Waals surface area contributed by atoms with E-state index >= 15 is 0 Å². The van der Waals surface area contributed by atoms with Crippen molar-refractivity contribution < 1.29 is 29.6 Å². The summed E-state index contributed by atoms with van der Waals surface area (Å²) in [5.41, 5.74) is 3.55. The number of hydrogen-bond donors (Lipinski definition) is 4. The first-order chi connectivity index (χ1) is 18.1. The molecule has 3 heterocycles. The number of aliphatic hydroxyl groups is 1. The topological polar surface area (TPSA) is 123 Å². The van der Waals surface area contributed by atoms with E-state index in [4.69, 9.17) is 24.5 Å². The van der Waals surface area contributed by atoms with E-state index in [1.54, 1.807) is 0 Å². The highest BCUT2D eigenvalue weighted by atomic mass is 32.1. The number of carboxylic acids is 2. The van der Waals surface area contributed by atoms with Gasteiger partial charge < -0.3 is 25.0 Å². The number of H-pyrrole nitrogens is 1. The average molecular weight is 539 g/mol. The molecule has 202 valence electrons. The van der Waals surface area contributed by atoms with Gasteiger partial charge in [-0.05, 0) is 87.4 Å². The van der Waals surface area contributed by atoms with Gasteiger partial charge in [0.2, 0.25) is 0 Å². The molecule has 8 nitrogen and oxygen atoms in total. The maximum Gasteiger partial charge on any atom is 0.414 e. The molecule has 0 bridgehead atoms. The van der Waals surface area contributed by atoms with Crippen LogP contribution >= 0.6 is 11.3 Å². The number of rotatable bonds is 6. The maximum absolute atomic E-state index is 10.7. The number of benzene rings is 2. The first-order valence-corrected chi connectivity index (χ1v) is 13.5. The molecule has 0 saturated carbocycles. The number of carbonyl (C=O) groups is 2. The Bertz CT molecular complexity index is 1420. The molecule has 3 atom stereocenters. The van der Waals surface area contributed by atoms with E-state index < -0.39 is 18.0 Å². The van der Waals surface area contributed by atoms with Crippen molar-refractivity contribution >= 4 is 44.3 Å². The van der Waals surface area contributed by atoms with E-state index in [1.807, 2.05) is 30.4 Å². The van der Waals surface area contributed by atoms with E-state index in [0.717, 1.165) is 41.7 Å². The van der Waals surface area contributed by atoms with Crippen LogP contribution in [0.25, 0.3) is 21.0 Å². The number of fused-ring (bicyclic) bond motifs is 2. The molecule has 1 aliphatic rings.